The lowest BCUT2D eigenvalue weighted by molar-refractivity contribution is -0.117. The van der Waals surface area contributed by atoms with Crippen LogP contribution >= 0.6 is 0 Å². The van der Waals surface area contributed by atoms with Crippen LogP contribution in [0.3, 0.4) is 0 Å². The number of rotatable bonds is 2. The molecule has 2 rings (SSSR count). The summed E-state index contributed by atoms with van der Waals surface area (Å²) < 4.78 is 4.98. The summed E-state index contributed by atoms with van der Waals surface area (Å²) in [5.74, 6) is 0.608. The van der Waals surface area contributed by atoms with Gasteiger partial charge in [-0.05, 0) is 12.8 Å². The van der Waals surface area contributed by atoms with Gasteiger partial charge in [-0.3, -0.25) is 10.1 Å². The molecule has 1 aliphatic rings. The zero-order valence-corrected chi connectivity index (χ0v) is 6.70. The van der Waals surface area contributed by atoms with Crippen LogP contribution in [-0.2, 0) is 4.79 Å². The van der Waals surface area contributed by atoms with Crippen LogP contribution in [0.1, 0.15) is 18.7 Å². The van der Waals surface area contributed by atoms with Gasteiger partial charge in [-0.15, -0.1) is 5.10 Å². The molecule has 0 unspecified atom stereocenters. The highest BCUT2D eigenvalue weighted by molar-refractivity contribution is 5.92. The molecule has 0 atom stereocenters. The highest BCUT2D eigenvalue weighted by Crippen LogP contribution is 2.29. The van der Waals surface area contributed by atoms with Crippen LogP contribution in [0.15, 0.2) is 4.42 Å². The Morgan fingerprint density at radius 1 is 1.58 bits per heavy atom. The number of nitrogens with zero attached hydrogens (tertiary/aromatic N) is 2. The topological polar surface area (TPSA) is 68.0 Å². The van der Waals surface area contributed by atoms with E-state index in [1.165, 1.54) is 0 Å². The largest absolute Gasteiger partial charge is 0.408 e. The van der Waals surface area contributed by atoms with Crippen molar-refractivity contribution in [3.63, 3.8) is 0 Å². The van der Waals surface area contributed by atoms with Crippen LogP contribution in [0.4, 0.5) is 6.01 Å². The van der Waals surface area contributed by atoms with Crippen molar-refractivity contribution in [3.8, 4) is 0 Å². The normalized spacial score (nSPS) is 16.1. The van der Waals surface area contributed by atoms with Gasteiger partial charge in [-0.1, -0.05) is 5.10 Å². The summed E-state index contributed by atoms with van der Waals surface area (Å²) in [6, 6.07) is 0.199. The van der Waals surface area contributed by atoms with E-state index in [-0.39, 0.29) is 17.8 Å². The van der Waals surface area contributed by atoms with E-state index in [0.29, 0.717) is 5.89 Å². The molecule has 0 aliphatic heterocycles. The first-order valence-electron chi connectivity index (χ1n) is 3.86. The molecule has 1 aromatic heterocycles. The number of anilines is 1. The van der Waals surface area contributed by atoms with Crippen molar-refractivity contribution in [1.29, 1.82) is 0 Å². The second kappa shape index (κ2) is 2.58. The standard InChI is InChI=1S/C7H9N3O2/c1-4-9-10-7(12-4)8-6(11)5-2-3-5/h5H,2-3H2,1H3,(H,8,10,11). The molecule has 1 fully saturated rings. The summed E-state index contributed by atoms with van der Waals surface area (Å²) in [4.78, 5) is 11.1. The van der Waals surface area contributed by atoms with Gasteiger partial charge in [0.1, 0.15) is 0 Å². The highest BCUT2D eigenvalue weighted by Gasteiger charge is 2.30. The first kappa shape index (κ1) is 7.27. The molecule has 0 spiro atoms. The second-order valence-corrected chi connectivity index (χ2v) is 2.89. The molecule has 1 aromatic rings. The van der Waals surface area contributed by atoms with Crippen LogP contribution in [0.25, 0.3) is 0 Å². The number of nitrogens with one attached hydrogen (secondary N) is 1. The fourth-order valence-electron chi connectivity index (χ4n) is 0.900. The third-order valence-corrected chi connectivity index (χ3v) is 1.70. The second-order valence-electron chi connectivity index (χ2n) is 2.89. The minimum atomic E-state index is -0.0151. The van der Waals surface area contributed by atoms with Gasteiger partial charge in [-0.2, -0.15) is 0 Å². The monoisotopic (exact) mass is 167 g/mol. The quantitative estimate of drug-likeness (QED) is 0.704. The average Bonchev–Trinajstić information content (AvgIpc) is 2.78. The molecule has 1 heterocycles. The lowest BCUT2D eigenvalue weighted by Gasteiger charge is -1.94. The van der Waals surface area contributed by atoms with Crippen LogP contribution < -0.4 is 5.32 Å². The maximum absolute atomic E-state index is 11.1. The number of aromatic nitrogens is 2. The Labute approximate surface area is 69.2 Å². The predicted octanol–water partition coefficient (Wildman–Crippen LogP) is 0.727. The molecule has 1 N–H and O–H groups in total. The number of amides is 1. The van der Waals surface area contributed by atoms with Crippen LogP contribution in [0, 0.1) is 12.8 Å². The molecular weight excluding hydrogens is 158 g/mol. The molecule has 5 heteroatoms. The van der Waals surface area contributed by atoms with Crippen LogP contribution in [-0.4, -0.2) is 16.1 Å². The Morgan fingerprint density at radius 2 is 2.33 bits per heavy atom. The van der Waals surface area contributed by atoms with Crippen molar-refractivity contribution in [2.24, 2.45) is 5.92 Å². The number of hydrogen-bond donors (Lipinski definition) is 1. The zero-order chi connectivity index (χ0) is 8.55. The number of hydrogen-bond acceptors (Lipinski definition) is 4. The van der Waals surface area contributed by atoms with Gasteiger partial charge in [0.25, 0.3) is 0 Å². The van der Waals surface area contributed by atoms with E-state index >= 15 is 0 Å². The number of aryl methyl sites for hydroxylation is 1. The van der Waals surface area contributed by atoms with Gasteiger partial charge in [0, 0.05) is 12.8 Å². The molecular formula is C7H9N3O2. The number of carbonyl (C=O) groups excluding carboxylic acids is 1. The molecule has 0 bridgehead atoms. The Bertz CT molecular complexity index is 303. The summed E-state index contributed by atoms with van der Waals surface area (Å²) in [5.41, 5.74) is 0. The minimum absolute atomic E-state index is 0.0151. The molecule has 1 amide bonds. The first-order chi connectivity index (χ1) is 5.75. The summed E-state index contributed by atoms with van der Waals surface area (Å²) >= 11 is 0. The SMILES string of the molecule is Cc1nnc(NC(=O)C2CC2)o1. The fourth-order valence-corrected chi connectivity index (χ4v) is 0.900. The lowest BCUT2D eigenvalue weighted by Crippen LogP contribution is -2.13. The van der Waals surface area contributed by atoms with E-state index in [1.807, 2.05) is 0 Å². The van der Waals surface area contributed by atoms with E-state index in [1.54, 1.807) is 6.92 Å². The third kappa shape index (κ3) is 1.44. The van der Waals surface area contributed by atoms with Crippen molar-refractivity contribution in [1.82, 2.24) is 10.2 Å². The third-order valence-electron chi connectivity index (χ3n) is 1.70. The van der Waals surface area contributed by atoms with Gasteiger partial charge in [0.05, 0.1) is 0 Å². The van der Waals surface area contributed by atoms with Crippen molar-refractivity contribution < 1.29 is 9.21 Å². The van der Waals surface area contributed by atoms with Crippen LogP contribution in [0.5, 0.6) is 0 Å². The Balaban J connectivity index is 1.98. The molecule has 0 aromatic carbocycles. The maximum Gasteiger partial charge on any atom is 0.322 e. The molecule has 0 radical (unpaired) electrons. The van der Waals surface area contributed by atoms with E-state index < -0.39 is 0 Å². The van der Waals surface area contributed by atoms with Crippen molar-refractivity contribution in [2.75, 3.05) is 5.32 Å². The van der Waals surface area contributed by atoms with E-state index in [4.69, 9.17) is 4.42 Å². The van der Waals surface area contributed by atoms with Crippen molar-refractivity contribution in [2.45, 2.75) is 19.8 Å². The Morgan fingerprint density at radius 3 is 2.83 bits per heavy atom. The van der Waals surface area contributed by atoms with Crippen molar-refractivity contribution >= 4 is 11.9 Å². The molecule has 12 heavy (non-hydrogen) atoms. The van der Waals surface area contributed by atoms with E-state index in [2.05, 4.69) is 15.5 Å². The minimum Gasteiger partial charge on any atom is -0.408 e. The Hall–Kier alpha value is -1.39. The van der Waals surface area contributed by atoms with E-state index in [0.717, 1.165) is 12.8 Å². The maximum atomic E-state index is 11.1. The highest BCUT2D eigenvalue weighted by atomic mass is 16.4. The van der Waals surface area contributed by atoms with E-state index in [9.17, 15) is 4.79 Å². The van der Waals surface area contributed by atoms with Crippen LogP contribution in [0.2, 0.25) is 0 Å². The lowest BCUT2D eigenvalue weighted by atomic mass is 10.4. The van der Waals surface area contributed by atoms with Gasteiger partial charge in [0.2, 0.25) is 11.8 Å². The summed E-state index contributed by atoms with van der Waals surface area (Å²) in [5, 5.41) is 9.78. The fraction of sp³-hybridized carbons (Fsp3) is 0.571. The van der Waals surface area contributed by atoms with Gasteiger partial charge >= 0.3 is 6.01 Å². The molecule has 1 aliphatic carbocycles. The summed E-state index contributed by atoms with van der Waals surface area (Å²) in [6.45, 7) is 1.68. The molecule has 1 saturated carbocycles. The van der Waals surface area contributed by atoms with Gasteiger partial charge in [-0.25, -0.2) is 0 Å². The molecule has 64 valence electrons. The number of carbonyl (C=O) groups is 1. The summed E-state index contributed by atoms with van der Waals surface area (Å²) in [6.07, 6.45) is 1.94. The predicted molar refractivity (Wildman–Crippen MR) is 40.4 cm³/mol. The van der Waals surface area contributed by atoms with Gasteiger partial charge in [0.15, 0.2) is 0 Å². The molecule has 0 saturated heterocycles. The van der Waals surface area contributed by atoms with Gasteiger partial charge < -0.3 is 4.42 Å². The smallest absolute Gasteiger partial charge is 0.322 e. The summed E-state index contributed by atoms with van der Waals surface area (Å²) in [7, 11) is 0. The Kier molecular flexibility index (Phi) is 1.56. The first-order valence-corrected chi connectivity index (χ1v) is 3.86. The zero-order valence-electron chi connectivity index (χ0n) is 6.70. The van der Waals surface area contributed by atoms with Crippen molar-refractivity contribution in [3.05, 3.63) is 5.89 Å². The average molecular weight is 167 g/mol. The molecule has 5 nitrogen and oxygen atoms in total.